The molecule has 1 aliphatic rings. The number of hydrogen-bond donors (Lipinski definition) is 0. The molecule has 0 spiro atoms. The number of carbonyl (C=O) groups is 2. The monoisotopic (exact) mass is 181 g/mol. The van der Waals surface area contributed by atoms with Crippen LogP contribution in [0, 0.1) is 0 Å². The van der Waals surface area contributed by atoms with Crippen LogP contribution in [0.5, 0.6) is 0 Å². The van der Waals surface area contributed by atoms with Gasteiger partial charge in [0.05, 0.1) is 0 Å². The molecule has 0 aromatic carbocycles. The van der Waals surface area contributed by atoms with Crippen LogP contribution in [0.15, 0.2) is 12.2 Å². The minimum atomic E-state index is -0.173. The minimum absolute atomic E-state index is 0.0370. The van der Waals surface area contributed by atoms with Crippen LogP contribution < -0.4 is 0 Å². The van der Waals surface area contributed by atoms with Gasteiger partial charge in [0, 0.05) is 18.2 Å². The third kappa shape index (κ3) is 2.17. The molecule has 0 fully saturated rings. The van der Waals surface area contributed by atoms with Crippen molar-refractivity contribution in [3.63, 3.8) is 0 Å². The Morgan fingerprint density at radius 1 is 1.31 bits per heavy atom. The van der Waals surface area contributed by atoms with Gasteiger partial charge in [-0.05, 0) is 13.3 Å². The molecule has 1 rings (SSSR count). The Kier molecular flexibility index (Phi) is 3.23. The fourth-order valence-corrected chi connectivity index (χ4v) is 1.47. The summed E-state index contributed by atoms with van der Waals surface area (Å²) in [5, 5.41) is 0. The van der Waals surface area contributed by atoms with E-state index in [1.54, 1.807) is 0 Å². The Labute approximate surface area is 78.4 Å². The maximum absolute atomic E-state index is 11.2. The van der Waals surface area contributed by atoms with E-state index in [-0.39, 0.29) is 17.9 Å². The van der Waals surface area contributed by atoms with Crippen molar-refractivity contribution in [2.45, 2.75) is 39.2 Å². The van der Waals surface area contributed by atoms with Gasteiger partial charge in [-0.1, -0.05) is 19.8 Å². The molecule has 0 radical (unpaired) electrons. The molecule has 3 heteroatoms. The molecule has 2 amide bonds. The van der Waals surface area contributed by atoms with Crippen LogP contribution in [-0.4, -0.2) is 22.8 Å². The Morgan fingerprint density at radius 3 is 2.31 bits per heavy atom. The molecule has 72 valence electrons. The molecule has 0 aliphatic carbocycles. The maximum atomic E-state index is 11.2. The molecule has 0 unspecified atom stereocenters. The number of carbonyl (C=O) groups excluding carboxylic acids is 2. The van der Waals surface area contributed by atoms with Crippen molar-refractivity contribution in [1.82, 2.24) is 4.90 Å². The first kappa shape index (κ1) is 9.96. The molecule has 3 nitrogen and oxygen atoms in total. The normalized spacial score (nSPS) is 18.5. The third-order valence-corrected chi connectivity index (χ3v) is 2.26. The number of imide groups is 1. The SMILES string of the molecule is CCCC[C@H](C)N1C(=O)C=CC1=O. The van der Waals surface area contributed by atoms with Crippen LogP contribution >= 0.6 is 0 Å². The van der Waals surface area contributed by atoms with Crippen molar-refractivity contribution in [2.24, 2.45) is 0 Å². The predicted octanol–water partition coefficient (Wildman–Crippen LogP) is 1.49. The Bertz CT molecular complexity index is 227. The summed E-state index contributed by atoms with van der Waals surface area (Å²) in [6.07, 6.45) is 5.72. The zero-order valence-electron chi connectivity index (χ0n) is 8.12. The quantitative estimate of drug-likeness (QED) is 0.616. The molecule has 0 aromatic heterocycles. The summed E-state index contributed by atoms with van der Waals surface area (Å²) in [6.45, 7) is 4.01. The van der Waals surface area contributed by atoms with Gasteiger partial charge in [0.2, 0.25) is 0 Å². The fraction of sp³-hybridized carbons (Fsp3) is 0.600. The van der Waals surface area contributed by atoms with Gasteiger partial charge in [-0.2, -0.15) is 0 Å². The summed E-state index contributed by atoms with van der Waals surface area (Å²) in [4.78, 5) is 23.7. The number of hydrogen-bond acceptors (Lipinski definition) is 2. The van der Waals surface area contributed by atoms with Crippen LogP contribution in [-0.2, 0) is 9.59 Å². The van der Waals surface area contributed by atoms with E-state index in [4.69, 9.17) is 0 Å². The predicted molar refractivity (Wildman–Crippen MR) is 50.0 cm³/mol. The molecular weight excluding hydrogens is 166 g/mol. The van der Waals surface area contributed by atoms with E-state index in [1.807, 2.05) is 6.92 Å². The summed E-state index contributed by atoms with van der Waals surface area (Å²) in [7, 11) is 0. The summed E-state index contributed by atoms with van der Waals surface area (Å²) in [5.41, 5.74) is 0. The summed E-state index contributed by atoms with van der Waals surface area (Å²) < 4.78 is 0. The van der Waals surface area contributed by atoms with Crippen molar-refractivity contribution in [3.05, 3.63) is 12.2 Å². The van der Waals surface area contributed by atoms with Crippen molar-refractivity contribution in [2.75, 3.05) is 0 Å². The van der Waals surface area contributed by atoms with E-state index in [0.717, 1.165) is 19.3 Å². The van der Waals surface area contributed by atoms with E-state index in [0.29, 0.717) is 0 Å². The zero-order chi connectivity index (χ0) is 9.84. The second-order valence-electron chi connectivity index (χ2n) is 3.37. The molecule has 0 saturated heterocycles. The second kappa shape index (κ2) is 4.21. The number of amides is 2. The lowest BCUT2D eigenvalue weighted by atomic mass is 10.1. The van der Waals surface area contributed by atoms with Crippen molar-refractivity contribution >= 4 is 11.8 Å². The van der Waals surface area contributed by atoms with Crippen LogP contribution in [0.2, 0.25) is 0 Å². The second-order valence-corrected chi connectivity index (χ2v) is 3.37. The van der Waals surface area contributed by atoms with Crippen molar-refractivity contribution in [1.29, 1.82) is 0 Å². The number of unbranched alkanes of at least 4 members (excludes halogenated alkanes) is 1. The number of nitrogens with zero attached hydrogens (tertiary/aromatic N) is 1. The highest BCUT2D eigenvalue weighted by molar-refractivity contribution is 6.13. The van der Waals surface area contributed by atoms with Gasteiger partial charge in [-0.3, -0.25) is 14.5 Å². The molecule has 0 aromatic rings. The smallest absolute Gasteiger partial charge is 0.253 e. The highest BCUT2D eigenvalue weighted by Crippen LogP contribution is 2.13. The van der Waals surface area contributed by atoms with Gasteiger partial charge in [-0.25, -0.2) is 0 Å². The number of rotatable bonds is 4. The highest BCUT2D eigenvalue weighted by atomic mass is 16.2. The lowest BCUT2D eigenvalue weighted by Gasteiger charge is -2.21. The Balaban J connectivity index is 2.51. The molecule has 0 bridgehead atoms. The third-order valence-electron chi connectivity index (χ3n) is 2.26. The summed E-state index contributed by atoms with van der Waals surface area (Å²) >= 11 is 0. The Morgan fingerprint density at radius 2 is 1.85 bits per heavy atom. The first-order chi connectivity index (χ1) is 6.16. The summed E-state index contributed by atoms with van der Waals surface area (Å²) in [6, 6.07) is 0.0370. The van der Waals surface area contributed by atoms with E-state index < -0.39 is 0 Å². The molecule has 0 saturated carbocycles. The molecule has 0 N–H and O–H groups in total. The van der Waals surface area contributed by atoms with Crippen LogP contribution in [0.4, 0.5) is 0 Å². The minimum Gasteiger partial charge on any atom is -0.273 e. The van der Waals surface area contributed by atoms with Crippen LogP contribution in [0.1, 0.15) is 33.1 Å². The highest BCUT2D eigenvalue weighted by Gasteiger charge is 2.27. The maximum Gasteiger partial charge on any atom is 0.253 e. The molecule has 1 aliphatic heterocycles. The van der Waals surface area contributed by atoms with E-state index in [9.17, 15) is 9.59 Å². The molecule has 1 atom stereocenters. The topological polar surface area (TPSA) is 37.4 Å². The molecule has 13 heavy (non-hydrogen) atoms. The molecule has 1 heterocycles. The van der Waals surface area contributed by atoms with E-state index in [2.05, 4.69) is 6.92 Å². The lowest BCUT2D eigenvalue weighted by molar-refractivity contribution is -0.139. The van der Waals surface area contributed by atoms with Crippen molar-refractivity contribution in [3.8, 4) is 0 Å². The van der Waals surface area contributed by atoms with Crippen molar-refractivity contribution < 1.29 is 9.59 Å². The average molecular weight is 181 g/mol. The largest absolute Gasteiger partial charge is 0.273 e. The standard InChI is InChI=1S/C10H15NO2/c1-3-4-5-8(2)11-9(12)6-7-10(11)13/h6-8H,3-5H2,1-2H3/t8-/m0/s1. The van der Waals surface area contributed by atoms with Gasteiger partial charge in [0.1, 0.15) is 0 Å². The summed E-state index contributed by atoms with van der Waals surface area (Å²) in [5.74, 6) is -0.345. The van der Waals surface area contributed by atoms with Gasteiger partial charge in [-0.15, -0.1) is 0 Å². The van der Waals surface area contributed by atoms with Crippen LogP contribution in [0.3, 0.4) is 0 Å². The molecular formula is C10H15NO2. The average Bonchev–Trinajstić information content (AvgIpc) is 2.42. The van der Waals surface area contributed by atoms with Gasteiger partial charge in [0.15, 0.2) is 0 Å². The van der Waals surface area contributed by atoms with Gasteiger partial charge >= 0.3 is 0 Å². The van der Waals surface area contributed by atoms with E-state index in [1.165, 1.54) is 17.1 Å². The van der Waals surface area contributed by atoms with Gasteiger partial charge in [0.25, 0.3) is 11.8 Å². The zero-order valence-corrected chi connectivity index (χ0v) is 8.12. The van der Waals surface area contributed by atoms with E-state index >= 15 is 0 Å². The van der Waals surface area contributed by atoms with Gasteiger partial charge < -0.3 is 0 Å². The lowest BCUT2D eigenvalue weighted by Crippen LogP contribution is -2.38. The van der Waals surface area contributed by atoms with Crippen LogP contribution in [0.25, 0.3) is 0 Å². The Hall–Kier alpha value is -1.12. The fourth-order valence-electron chi connectivity index (χ4n) is 1.47. The first-order valence-corrected chi connectivity index (χ1v) is 4.72. The first-order valence-electron chi connectivity index (χ1n) is 4.72.